The maximum atomic E-state index is 2.47. The van der Waals surface area contributed by atoms with E-state index in [1.165, 1.54) is 81.0 Å². The third-order valence-corrected chi connectivity index (χ3v) is 13.6. The maximum absolute atomic E-state index is 2.47. The summed E-state index contributed by atoms with van der Waals surface area (Å²) >= 11 is 1.86. The smallest absolute Gasteiger partial charge is 0.0561 e. The number of nitrogens with zero attached hydrogens (tertiary/aromatic N) is 2. The number of fused-ring (bicyclic) bond motifs is 6. The zero-order chi connectivity index (χ0) is 41.7. The van der Waals surface area contributed by atoms with Gasteiger partial charge in [0.15, 0.2) is 0 Å². The minimum absolute atomic E-state index is 1.07. The highest BCUT2D eigenvalue weighted by Crippen LogP contribution is 2.49. The molecule has 0 aliphatic rings. The highest BCUT2D eigenvalue weighted by Gasteiger charge is 2.24. The number of para-hydroxylation sites is 2. The first-order valence-corrected chi connectivity index (χ1v) is 22.3. The van der Waals surface area contributed by atoms with E-state index in [0.29, 0.717) is 0 Å². The number of aromatic nitrogens is 1. The van der Waals surface area contributed by atoms with Crippen LogP contribution in [-0.4, -0.2) is 4.57 Å². The maximum Gasteiger partial charge on any atom is 0.0561 e. The van der Waals surface area contributed by atoms with Gasteiger partial charge in [0.05, 0.1) is 16.7 Å². The Morgan fingerprint density at radius 3 is 1.65 bits per heavy atom. The van der Waals surface area contributed by atoms with Gasteiger partial charge >= 0.3 is 0 Å². The summed E-state index contributed by atoms with van der Waals surface area (Å²) in [5.41, 5.74) is 16.2. The van der Waals surface area contributed by atoms with Crippen molar-refractivity contribution in [2.45, 2.75) is 0 Å². The highest BCUT2D eigenvalue weighted by atomic mass is 32.1. The second-order valence-electron chi connectivity index (χ2n) is 16.1. The fourth-order valence-corrected chi connectivity index (χ4v) is 10.7. The lowest BCUT2D eigenvalue weighted by atomic mass is 9.87. The fourth-order valence-electron chi connectivity index (χ4n) is 9.53. The summed E-state index contributed by atoms with van der Waals surface area (Å²) in [6.45, 7) is 0. The standard InChI is InChI=1S/C60H40N2S/c1-4-17-42(18-5-1)48-23-10-11-26-54(48)60-49(43-19-6-2-7-20-43)27-16-29-56(60)61(46-34-31-41(32-35-46)44-33-37-53-52-25-13-15-30-58(52)63-59(53)39-44)47-36-38-51-50-24-12-14-28-55(50)62(57(51)40-47)45-21-8-3-9-22-45/h1-40H. The fraction of sp³-hybridized carbons (Fsp3) is 0. The molecule has 12 rings (SSSR count). The molecule has 0 saturated heterocycles. The first kappa shape index (κ1) is 36.8. The summed E-state index contributed by atoms with van der Waals surface area (Å²) in [6.07, 6.45) is 0. The minimum Gasteiger partial charge on any atom is -0.310 e. The number of anilines is 3. The van der Waals surface area contributed by atoms with Crippen LogP contribution < -0.4 is 4.90 Å². The summed E-state index contributed by atoms with van der Waals surface area (Å²) < 4.78 is 5.04. The minimum atomic E-state index is 1.07. The zero-order valence-corrected chi connectivity index (χ0v) is 35.2. The Labute approximate surface area is 370 Å². The second-order valence-corrected chi connectivity index (χ2v) is 17.1. The molecule has 0 N–H and O–H groups in total. The molecular weight excluding hydrogens is 781 g/mol. The van der Waals surface area contributed by atoms with E-state index in [-0.39, 0.29) is 0 Å². The quantitative estimate of drug-likeness (QED) is 0.148. The van der Waals surface area contributed by atoms with Gasteiger partial charge in [-0.3, -0.25) is 0 Å². The van der Waals surface area contributed by atoms with Crippen molar-refractivity contribution in [3.8, 4) is 50.2 Å². The number of hydrogen-bond donors (Lipinski definition) is 0. The Bertz CT molecular complexity index is 3600. The molecule has 2 aromatic heterocycles. The average Bonchev–Trinajstić information content (AvgIpc) is 3.90. The molecule has 0 radical (unpaired) electrons. The van der Waals surface area contributed by atoms with Gasteiger partial charge in [0.25, 0.3) is 0 Å². The largest absolute Gasteiger partial charge is 0.310 e. The molecule has 0 atom stereocenters. The first-order valence-electron chi connectivity index (χ1n) is 21.5. The van der Waals surface area contributed by atoms with E-state index < -0.39 is 0 Å². The Morgan fingerprint density at radius 2 is 0.873 bits per heavy atom. The van der Waals surface area contributed by atoms with Crippen molar-refractivity contribution in [1.29, 1.82) is 0 Å². The molecule has 0 unspecified atom stereocenters. The van der Waals surface area contributed by atoms with Crippen molar-refractivity contribution >= 4 is 70.4 Å². The molecule has 0 aliphatic heterocycles. The van der Waals surface area contributed by atoms with E-state index in [2.05, 4.69) is 252 Å². The van der Waals surface area contributed by atoms with Crippen LogP contribution in [0.25, 0.3) is 92.2 Å². The van der Waals surface area contributed by atoms with E-state index in [1.807, 2.05) is 11.3 Å². The Morgan fingerprint density at radius 1 is 0.317 bits per heavy atom. The van der Waals surface area contributed by atoms with E-state index in [1.54, 1.807) is 0 Å². The molecule has 0 saturated carbocycles. The molecule has 0 aliphatic carbocycles. The number of rotatable bonds is 8. The van der Waals surface area contributed by atoms with Gasteiger partial charge in [0.1, 0.15) is 0 Å². The molecule has 0 amide bonds. The number of hydrogen-bond acceptors (Lipinski definition) is 2. The normalized spacial score (nSPS) is 11.5. The highest BCUT2D eigenvalue weighted by molar-refractivity contribution is 7.25. The molecule has 296 valence electrons. The van der Waals surface area contributed by atoms with Crippen LogP contribution in [0, 0.1) is 0 Å². The third-order valence-electron chi connectivity index (χ3n) is 12.4. The van der Waals surface area contributed by atoms with Gasteiger partial charge in [-0.15, -0.1) is 11.3 Å². The van der Waals surface area contributed by atoms with E-state index >= 15 is 0 Å². The van der Waals surface area contributed by atoms with Gasteiger partial charge in [-0.1, -0.05) is 182 Å². The summed E-state index contributed by atoms with van der Waals surface area (Å²) in [7, 11) is 0. The van der Waals surface area contributed by atoms with Gasteiger partial charge in [0.2, 0.25) is 0 Å². The van der Waals surface area contributed by atoms with Crippen LogP contribution in [0.1, 0.15) is 0 Å². The van der Waals surface area contributed by atoms with Crippen LogP contribution in [0.3, 0.4) is 0 Å². The zero-order valence-electron chi connectivity index (χ0n) is 34.4. The van der Waals surface area contributed by atoms with Gasteiger partial charge < -0.3 is 9.47 Å². The molecule has 10 aromatic carbocycles. The molecule has 2 heterocycles. The Hall–Kier alpha value is -7.98. The summed E-state index contributed by atoms with van der Waals surface area (Å²) in [5.74, 6) is 0. The lowest BCUT2D eigenvalue weighted by Gasteiger charge is -2.30. The molecule has 2 nitrogen and oxygen atoms in total. The second kappa shape index (κ2) is 15.5. The average molecular weight is 821 g/mol. The SMILES string of the molecule is c1ccc(-c2ccccc2-c2c(-c3ccccc3)cccc2N(c2ccc(-c3ccc4c(c3)sc3ccccc34)cc2)c2ccc3c4ccccc4n(-c4ccccc4)c3c2)cc1. The van der Waals surface area contributed by atoms with Gasteiger partial charge in [-0.05, 0) is 99.6 Å². The third kappa shape index (κ3) is 6.41. The van der Waals surface area contributed by atoms with Crippen LogP contribution >= 0.6 is 11.3 Å². The van der Waals surface area contributed by atoms with Gasteiger partial charge in [-0.25, -0.2) is 0 Å². The molecule has 12 aromatic rings. The van der Waals surface area contributed by atoms with Crippen molar-refractivity contribution in [2.24, 2.45) is 0 Å². The van der Waals surface area contributed by atoms with Gasteiger partial charge in [0, 0.05) is 53.6 Å². The lowest BCUT2D eigenvalue weighted by Crippen LogP contribution is -2.12. The van der Waals surface area contributed by atoms with Crippen molar-refractivity contribution < 1.29 is 0 Å². The Kier molecular flexibility index (Phi) is 9.06. The Balaban J connectivity index is 1.11. The summed E-state index contributed by atoms with van der Waals surface area (Å²) in [4.78, 5) is 2.47. The predicted molar refractivity (Wildman–Crippen MR) is 270 cm³/mol. The van der Waals surface area contributed by atoms with Crippen molar-refractivity contribution in [2.75, 3.05) is 4.90 Å². The van der Waals surface area contributed by atoms with Crippen molar-refractivity contribution in [3.63, 3.8) is 0 Å². The van der Waals surface area contributed by atoms with Crippen LogP contribution in [0.2, 0.25) is 0 Å². The van der Waals surface area contributed by atoms with Crippen molar-refractivity contribution in [1.82, 2.24) is 4.57 Å². The molecule has 0 fully saturated rings. The van der Waals surface area contributed by atoms with E-state index in [0.717, 1.165) is 28.3 Å². The van der Waals surface area contributed by atoms with Crippen LogP contribution in [0.4, 0.5) is 17.1 Å². The topological polar surface area (TPSA) is 8.17 Å². The molecule has 63 heavy (non-hydrogen) atoms. The van der Waals surface area contributed by atoms with E-state index in [9.17, 15) is 0 Å². The monoisotopic (exact) mass is 820 g/mol. The molecule has 0 bridgehead atoms. The summed E-state index contributed by atoms with van der Waals surface area (Å²) in [5, 5.41) is 5.09. The van der Waals surface area contributed by atoms with Crippen LogP contribution in [0.5, 0.6) is 0 Å². The van der Waals surface area contributed by atoms with Crippen molar-refractivity contribution in [3.05, 3.63) is 243 Å². The lowest BCUT2D eigenvalue weighted by molar-refractivity contribution is 1.18. The predicted octanol–water partition coefficient (Wildman–Crippen LogP) is 17.3. The number of benzene rings is 10. The first-order chi connectivity index (χ1) is 31.3. The molecular formula is C60H40N2S. The number of thiophene rings is 1. The van der Waals surface area contributed by atoms with Crippen LogP contribution in [-0.2, 0) is 0 Å². The van der Waals surface area contributed by atoms with E-state index in [4.69, 9.17) is 0 Å². The summed E-state index contributed by atoms with van der Waals surface area (Å²) in [6, 6.07) is 88.5. The van der Waals surface area contributed by atoms with Gasteiger partial charge in [-0.2, -0.15) is 0 Å². The van der Waals surface area contributed by atoms with Crippen LogP contribution in [0.15, 0.2) is 243 Å². The molecule has 0 spiro atoms. The molecule has 3 heteroatoms.